The highest BCUT2D eigenvalue weighted by atomic mass is 35.5. The van der Waals surface area contributed by atoms with E-state index in [2.05, 4.69) is 43.8 Å². The number of fused-ring (bicyclic) bond motifs is 8. The summed E-state index contributed by atoms with van der Waals surface area (Å²) in [4.78, 5) is 16.6. The molecule has 0 saturated carbocycles. The van der Waals surface area contributed by atoms with Gasteiger partial charge in [-0.2, -0.15) is 0 Å². The van der Waals surface area contributed by atoms with E-state index >= 15 is 0 Å². The van der Waals surface area contributed by atoms with Gasteiger partial charge in [0.1, 0.15) is 18.5 Å². The van der Waals surface area contributed by atoms with Crippen LogP contribution in [0.2, 0.25) is 5.02 Å². The number of nitrogens with zero attached hydrogens (tertiary/aromatic N) is 4. The molecule has 0 spiro atoms. The number of ether oxygens (including phenoxy) is 2. The molecule has 3 unspecified atom stereocenters. The topological polar surface area (TPSA) is 86.7 Å². The third-order valence-electron chi connectivity index (χ3n) is 7.85. The van der Waals surface area contributed by atoms with Crippen molar-refractivity contribution in [3.8, 4) is 17.6 Å². The number of benzene rings is 2. The Labute approximate surface area is 231 Å². The molecule has 198 valence electrons. The van der Waals surface area contributed by atoms with Crippen LogP contribution in [0.5, 0.6) is 5.75 Å². The minimum Gasteiger partial charge on any atom is -0.490 e. The Bertz CT molecular complexity index is 1550. The smallest absolute Gasteiger partial charge is 0.226 e. The number of aliphatic hydroxyl groups excluding tert-OH is 1. The normalized spacial score (nSPS) is 25.0. The van der Waals surface area contributed by atoms with Gasteiger partial charge in [0.25, 0.3) is 0 Å². The van der Waals surface area contributed by atoms with Gasteiger partial charge in [-0.1, -0.05) is 35.6 Å². The second-order valence-corrected chi connectivity index (χ2v) is 10.6. The summed E-state index contributed by atoms with van der Waals surface area (Å²) in [6.07, 6.45) is 4.69. The molecule has 8 nitrogen and oxygen atoms in total. The van der Waals surface area contributed by atoms with Crippen LogP contribution < -0.4 is 9.64 Å². The maximum atomic E-state index is 11.2. The number of aromatic nitrogens is 3. The molecule has 4 aromatic rings. The summed E-state index contributed by atoms with van der Waals surface area (Å²) in [5.41, 5.74) is 4.33. The number of piperidine rings is 1. The maximum Gasteiger partial charge on any atom is 0.226 e. The standard InChI is InChI=1S/C30H28ClN5O3/c31-20-6-9-26-25(17-20)24-11-15-36-28(27(24)34-26)19-4-7-22(8-5-19)39-23-10-14-35(29-32-12-2-13-33-29)21(18-23)3-1-16-38-30(36)37/h2,4-9,12-13,17,21,23,28,30,34,37H,10-11,14-16,18H2/t21?,23?,28-,30?/m0/s1. The van der Waals surface area contributed by atoms with Gasteiger partial charge in [-0.25, -0.2) is 14.9 Å². The van der Waals surface area contributed by atoms with E-state index in [-0.39, 0.29) is 24.8 Å². The third-order valence-corrected chi connectivity index (χ3v) is 8.08. The lowest BCUT2D eigenvalue weighted by molar-refractivity contribution is -0.197. The van der Waals surface area contributed by atoms with Gasteiger partial charge in [-0.3, -0.25) is 0 Å². The van der Waals surface area contributed by atoms with Crippen molar-refractivity contribution in [2.75, 3.05) is 24.6 Å². The van der Waals surface area contributed by atoms with Crippen LogP contribution in [0.25, 0.3) is 10.9 Å². The first-order valence-corrected chi connectivity index (χ1v) is 13.7. The third kappa shape index (κ3) is 4.62. The highest BCUT2D eigenvalue weighted by molar-refractivity contribution is 6.31. The monoisotopic (exact) mass is 541 g/mol. The summed E-state index contributed by atoms with van der Waals surface area (Å²) < 4.78 is 12.3. The molecule has 0 aliphatic carbocycles. The molecule has 4 atom stereocenters. The Morgan fingerprint density at radius 1 is 1.08 bits per heavy atom. The average Bonchev–Trinajstić information content (AvgIpc) is 3.33. The van der Waals surface area contributed by atoms with E-state index in [4.69, 9.17) is 21.1 Å². The van der Waals surface area contributed by atoms with E-state index in [1.807, 2.05) is 41.3 Å². The van der Waals surface area contributed by atoms with E-state index < -0.39 is 6.41 Å². The van der Waals surface area contributed by atoms with Gasteiger partial charge < -0.3 is 24.5 Å². The fraction of sp³-hybridized carbons (Fsp3) is 0.333. The SMILES string of the molecule is OC1OCC#CC2CC(CCN2c2ncccn2)Oc2ccc(cc2)[C@H]2c3[nH]c4ccc(Cl)cc4c3CCN12. The number of H-pyrrole nitrogens is 1. The molecule has 2 N–H and O–H groups in total. The van der Waals surface area contributed by atoms with Crippen molar-refractivity contribution in [1.29, 1.82) is 0 Å². The van der Waals surface area contributed by atoms with Crippen molar-refractivity contribution in [3.63, 3.8) is 0 Å². The van der Waals surface area contributed by atoms with Crippen LogP contribution in [0, 0.1) is 11.8 Å². The number of aromatic amines is 1. The Kier molecular flexibility index (Phi) is 6.37. The van der Waals surface area contributed by atoms with Crippen LogP contribution >= 0.6 is 11.6 Å². The predicted octanol–water partition coefficient (Wildman–Crippen LogP) is 4.28. The molecule has 6 heterocycles. The molecule has 8 rings (SSSR count). The van der Waals surface area contributed by atoms with E-state index in [9.17, 15) is 5.11 Å². The summed E-state index contributed by atoms with van der Waals surface area (Å²) in [7, 11) is 0. The van der Waals surface area contributed by atoms with Crippen molar-refractivity contribution in [2.45, 2.75) is 43.9 Å². The number of nitrogens with one attached hydrogen (secondary N) is 1. The fourth-order valence-electron chi connectivity index (χ4n) is 6.02. The Morgan fingerprint density at radius 3 is 2.77 bits per heavy atom. The van der Waals surface area contributed by atoms with Gasteiger partial charge in [-0.05, 0) is 53.9 Å². The summed E-state index contributed by atoms with van der Waals surface area (Å²) >= 11 is 6.33. The zero-order valence-corrected chi connectivity index (χ0v) is 22.0. The molecule has 4 aliphatic rings. The van der Waals surface area contributed by atoms with E-state index in [1.165, 1.54) is 5.56 Å². The van der Waals surface area contributed by atoms with Crippen molar-refractivity contribution >= 4 is 28.5 Å². The largest absolute Gasteiger partial charge is 0.490 e. The second kappa shape index (κ2) is 10.2. The lowest BCUT2D eigenvalue weighted by Crippen LogP contribution is -2.46. The fourth-order valence-corrected chi connectivity index (χ4v) is 6.20. The van der Waals surface area contributed by atoms with Gasteiger partial charge in [0.15, 0.2) is 0 Å². The Morgan fingerprint density at radius 2 is 1.92 bits per heavy atom. The number of hydrogen-bond acceptors (Lipinski definition) is 7. The highest BCUT2D eigenvalue weighted by Gasteiger charge is 2.36. The van der Waals surface area contributed by atoms with Crippen molar-refractivity contribution in [3.05, 3.63) is 82.8 Å². The molecule has 1 saturated heterocycles. The van der Waals surface area contributed by atoms with Crippen LogP contribution in [0.1, 0.15) is 35.7 Å². The minimum absolute atomic E-state index is 0.0167. The zero-order chi connectivity index (χ0) is 26.3. The van der Waals surface area contributed by atoms with Crippen LogP contribution in [-0.2, 0) is 11.2 Å². The first-order chi connectivity index (χ1) is 19.1. The summed E-state index contributed by atoms with van der Waals surface area (Å²) in [6, 6.07) is 15.5. The lowest BCUT2D eigenvalue weighted by Gasteiger charge is -2.38. The molecule has 1 fully saturated rings. The van der Waals surface area contributed by atoms with Crippen molar-refractivity contribution in [2.24, 2.45) is 0 Å². The first-order valence-electron chi connectivity index (χ1n) is 13.3. The van der Waals surface area contributed by atoms with Gasteiger partial charge >= 0.3 is 0 Å². The molecule has 0 amide bonds. The molecule has 0 radical (unpaired) electrons. The van der Waals surface area contributed by atoms with Gasteiger partial charge in [0.2, 0.25) is 12.4 Å². The quantitative estimate of drug-likeness (QED) is 0.348. The molecule has 9 heteroatoms. The lowest BCUT2D eigenvalue weighted by atomic mass is 9.92. The Hall–Kier alpha value is -3.61. The van der Waals surface area contributed by atoms with Gasteiger partial charge in [0.05, 0.1) is 12.1 Å². The molecule has 4 bridgehead atoms. The maximum absolute atomic E-state index is 11.2. The van der Waals surface area contributed by atoms with Crippen molar-refractivity contribution < 1.29 is 14.6 Å². The molecule has 2 aromatic heterocycles. The number of anilines is 1. The second-order valence-electron chi connectivity index (χ2n) is 10.1. The van der Waals surface area contributed by atoms with Crippen molar-refractivity contribution in [1.82, 2.24) is 19.9 Å². The summed E-state index contributed by atoms with van der Waals surface area (Å²) in [5, 5.41) is 13.1. The molecular weight excluding hydrogens is 514 g/mol. The number of rotatable bonds is 1. The summed E-state index contributed by atoms with van der Waals surface area (Å²) in [5.74, 6) is 7.95. The van der Waals surface area contributed by atoms with Crippen LogP contribution in [0.3, 0.4) is 0 Å². The van der Waals surface area contributed by atoms with E-state index in [1.54, 1.807) is 12.4 Å². The number of aliphatic hydroxyl groups is 1. The van der Waals surface area contributed by atoms with Crippen LogP contribution in [-0.4, -0.2) is 63.2 Å². The minimum atomic E-state index is -1.12. The van der Waals surface area contributed by atoms with Crippen LogP contribution in [0.15, 0.2) is 60.9 Å². The van der Waals surface area contributed by atoms with Gasteiger partial charge in [0, 0.05) is 59.9 Å². The average molecular weight is 542 g/mol. The summed E-state index contributed by atoms with van der Waals surface area (Å²) in [6.45, 7) is 1.45. The zero-order valence-electron chi connectivity index (χ0n) is 21.3. The highest BCUT2D eigenvalue weighted by Crippen LogP contribution is 2.40. The van der Waals surface area contributed by atoms with Gasteiger partial charge in [-0.15, -0.1) is 0 Å². The molecular formula is C30H28ClN5O3. The predicted molar refractivity (Wildman–Crippen MR) is 149 cm³/mol. The molecule has 4 aliphatic heterocycles. The van der Waals surface area contributed by atoms with E-state index in [0.29, 0.717) is 23.9 Å². The van der Waals surface area contributed by atoms with E-state index in [0.717, 1.165) is 47.3 Å². The Balaban J connectivity index is 1.25. The van der Waals surface area contributed by atoms with Crippen LogP contribution in [0.4, 0.5) is 5.95 Å². The number of hydrogen-bond donors (Lipinski definition) is 2. The first kappa shape index (κ1) is 24.4. The molecule has 2 aromatic carbocycles. The molecule has 39 heavy (non-hydrogen) atoms. The number of halogens is 1.